The van der Waals surface area contributed by atoms with Crippen molar-refractivity contribution in [2.75, 3.05) is 6.54 Å². The molecule has 0 unspecified atom stereocenters. The first kappa shape index (κ1) is 13.4. The summed E-state index contributed by atoms with van der Waals surface area (Å²) < 4.78 is 0. The van der Waals surface area contributed by atoms with E-state index in [1.807, 2.05) is 30.3 Å². The number of amides is 2. The smallest absolute Gasteiger partial charge is 0.317 e. The summed E-state index contributed by atoms with van der Waals surface area (Å²) in [5.41, 5.74) is 6.43. The molecule has 0 saturated heterocycles. The number of urea groups is 1. The van der Waals surface area contributed by atoms with Gasteiger partial charge in [0.1, 0.15) is 0 Å². The lowest BCUT2D eigenvalue weighted by Gasteiger charge is -2.22. The lowest BCUT2D eigenvalue weighted by atomic mass is 10.2. The summed E-state index contributed by atoms with van der Waals surface area (Å²) >= 11 is 0. The zero-order valence-corrected chi connectivity index (χ0v) is 10.9. The second-order valence-corrected chi connectivity index (χ2v) is 4.84. The molecular formula is C14H20N4O. The van der Waals surface area contributed by atoms with E-state index in [9.17, 15) is 4.79 Å². The Balaban J connectivity index is 1.83. The van der Waals surface area contributed by atoms with Gasteiger partial charge in [0.2, 0.25) is 0 Å². The van der Waals surface area contributed by atoms with Crippen LogP contribution < -0.4 is 11.1 Å². The van der Waals surface area contributed by atoms with Gasteiger partial charge in [0.25, 0.3) is 0 Å². The van der Waals surface area contributed by atoms with Gasteiger partial charge in [-0.25, -0.2) is 4.79 Å². The third-order valence-electron chi connectivity index (χ3n) is 3.16. The first-order valence-corrected chi connectivity index (χ1v) is 6.58. The Kier molecular flexibility index (Phi) is 4.39. The summed E-state index contributed by atoms with van der Waals surface area (Å²) in [6, 6.07) is 10.1. The third-order valence-corrected chi connectivity index (χ3v) is 3.16. The maximum atomic E-state index is 12.1. The Labute approximate surface area is 113 Å². The molecule has 0 radical (unpaired) electrons. The van der Waals surface area contributed by atoms with Crippen molar-refractivity contribution in [1.29, 1.82) is 5.41 Å². The molecule has 0 aliphatic heterocycles. The molecule has 0 atom stereocenters. The van der Waals surface area contributed by atoms with Crippen molar-refractivity contribution >= 4 is 11.9 Å². The highest BCUT2D eigenvalue weighted by molar-refractivity contribution is 5.79. The van der Waals surface area contributed by atoms with E-state index in [1.54, 1.807) is 4.90 Å². The first-order chi connectivity index (χ1) is 9.16. The number of nitrogens with one attached hydrogen (secondary N) is 2. The summed E-state index contributed by atoms with van der Waals surface area (Å²) in [5.74, 6) is 0.126. The molecule has 1 aliphatic carbocycles. The van der Waals surface area contributed by atoms with Crippen LogP contribution in [0, 0.1) is 5.41 Å². The fourth-order valence-electron chi connectivity index (χ4n) is 1.95. The molecule has 4 N–H and O–H groups in total. The average molecular weight is 260 g/mol. The third kappa shape index (κ3) is 4.28. The Morgan fingerprint density at radius 1 is 1.37 bits per heavy atom. The molecule has 0 aromatic heterocycles. The van der Waals surface area contributed by atoms with Crippen LogP contribution in [0.1, 0.15) is 24.8 Å². The van der Waals surface area contributed by atoms with Gasteiger partial charge in [-0.15, -0.1) is 0 Å². The molecular weight excluding hydrogens is 240 g/mol. The van der Waals surface area contributed by atoms with Crippen LogP contribution in [0.5, 0.6) is 0 Å². The van der Waals surface area contributed by atoms with Crippen LogP contribution in [-0.4, -0.2) is 29.4 Å². The van der Waals surface area contributed by atoms with E-state index < -0.39 is 0 Å². The van der Waals surface area contributed by atoms with Crippen molar-refractivity contribution in [2.45, 2.75) is 31.8 Å². The Morgan fingerprint density at radius 3 is 2.63 bits per heavy atom. The zero-order valence-electron chi connectivity index (χ0n) is 10.9. The minimum absolute atomic E-state index is 0.0624. The van der Waals surface area contributed by atoms with E-state index in [-0.39, 0.29) is 11.9 Å². The van der Waals surface area contributed by atoms with Crippen LogP contribution in [0.2, 0.25) is 0 Å². The number of hydrogen-bond donors (Lipinski definition) is 3. The van der Waals surface area contributed by atoms with Crippen LogP contribution in [-0.2, 0) is 6.54 Å². The van der Waals surface area contributed by atoms with Crippen LogP contribution >= 0.6 is 0 Å². The number of carbonyl (C=O) groups is 1. The summed E-state index contributed by atoms with van der Waals surface area (Å²) in [7, 11) is 0. The van der Waals surface area contributed by atoms with Crippen LogP contribution in [0.4, 0.5) is 4.79 Å². The second-order valence-electron chi connectivity index (χ2n) is 4.84. The molecule has 1 fully saturated rings. The van der Waals surface area contributed by atoms with Crippen molar-refractivity contribution in [3.8, 4) is 0 Å². The van der Waals surface area contributed by atoms with E-state index in [2.05, 4.69) is 5.32 Å². The van der Waals surface area contributed by atoms with Gasteiger partial charge in [-0.2, -0.15) is 0 Å². The van der Waals surface area contributed by atoms with Gasteiger partial charge in [0.15, 0.2) is 0 Å². The highest BCUT2D eigenvalue weighted by Crippen LogP contribution is 2.26. The predicted molar refractivity (Wildman–Crippen MR) is 74.9 cm³/mol. The van der Waals surface area contributed by atoms with E-state index >= 15 is 0 Å². The number of nitrogens with zero attached hydrogens (tertiary/aromatic N) is 1. The van der Waals surface area contributed by atoms with Crippen molar-refractivity contribution in [1.82, 2.24) is 10.2 Å². The molecule has 102 valence electrons. The fraction of sp³-hybridized carbons (Fsp3) is 0.429. The Bertz CT molecular complexity index is 442. The summed E-state index contributed by atoms with van der Waals surface area (Å²) in [5, 5.41) is 10.2. The molecule has 1 aliphatic rings. The van der Waals surface area contributed by atoms with Crippen molar-refractivity contribution in [2.24, 2.45) is 5.73 Å². The average Bonchev–Trinajstić information content (AvgIpc) is 3.22. The molecule has 19 heavy (non-hydrogen) atoms. The fourth-order valence-corrected chi connectivity index (χ4v) is 1.95. The van der Waals surface area contributed by atoms with Crippen LogP contribution in [0.3, 0.4) is 0 Å². The van der Waals surface area contributed by atoms with E-state index in [0.29, 0.717) is 25.6 Å². The molecule has 5 heteroatoms. The minimum atomic E-state index is -0.0624. The highest BCUT2D eigenvalue weighted by Gasteiger charge is 2.32. The molecule has 5 nitrogen and oxygen atoms in total. The normalized spacial score (nSPS) is 13.9. The number of rotatable bonds is 6. The molecule has 1 aromatic rings. The van der Waals surface area contributed by atoms with Crippen molar-refractivity contribution < 1.29 is 4.79 Å². The van der Waals surface area contributed by atoms with Gasteiger partial charge in [-0.3, -0.25) is 5.41 Å². The second kappa shape index (κ2) is 6.22. The van der Waals surface area contributed by atoms with Gasteiger partial charge < -0.3 is 16.0 Å². The molecule has 1 saturated carbocycles. The molecule has 2 rings (SSSR count). The Hall–Kier alpha value is -2.04. The number of amidine groups is 1. The van der Waals surface area contributed by atoms with Crippen LogP contribution in [0.25, 0.3) is 0 Å². The topological polar surface area (TPSA) is 82.2 Å². The van der Waals surface area contributed by atoms with Gasteiger partial charge in [0.05, 0.1) is 5.84 Å². The quantitative estimate of drug-likeness (QED) is 0.537. The molecule has 2 amide bonds. The lowest BCUT2D eigenvalue weighted by Crippen LogP contribution is -2.42. The summed E-state index contributed by atoms with van der Waals surface area (Å²) in [4.78, 5) is 13.9. The SMILES string of the molecule is N=C(N)CCN(C(=O)NCc1ccccc1)C1CC1. The molecule has 0 bridgehead atoms. The molecule has 0 heterocycles. The molecule has 1 aromatic carbocycles. The highest BCUT2D eigenvalue weighted by atomic mass is 16.2. The first-order valence-electron chi connectivity index (χ1n) is 6.58. The largest absolute Gasteiger partial charge is 0.388 e. The van der Waals surface area contributed by atoms with Crippen molar-refractivity contribution in [3.05, 3.63) is 35.9 Å². The van der Waals surface area contributed by atoms with Gasteiger partial charge >= 0.3 is 6.03 Å². The zero-order chi connectivity index (χ0) is 13.7. The van der Waals surface area contributed by atoms with Crippen molar-refractivity contribution in [3.63, 3.8) is 0 Å². The number of carbonyl (C=O) groups excluding carboxylic acids is 1. The predicted octanol–water partition coefficient (Wildman–Crippen LogP) is 1.69. The maximum absolute atomic E-state index is 12.1. The van der Waals surface area contributed by atoms with Gasteiger partial charge in [-0.05, 0) is 18.4 Å². The maximum Gasteiger partial charge on any atom is 0.317 e. The van der Waals surface area contributed by atoms with Gasteiger partial charge in [-0.1, -0.05) is 30.3 Å². The van der Waals surface area contributed by atoms with Gasteiger partial charge in [0, 0.05) is 25.6 Å². The summed E-state index contributed by atoms with van der Waals surface area (Å²) in [6.07, 6.45) is 2.54. The number of hydrogen-bond acceptors (Lipinski definition) is 2. The molecule has 0 spiro atoms. The standard InChI is InChI=1S/C14H20N4O/c15-13(16)8-9-18(12-6-7-12)14(19)17-10-11-4-2-1-3-5-11/h1-5,12H,6-10H2,(H3,15,16)(H,17,19). The monoisotopic (exact) mass is 260 g/mol. The van der Waals surface area contributed by atoms with Crippen LogP contribution in [0.15, 0.2) is 30.3 Å². The summed E-state index contributed by atoms with van der Waals surface area (Å²) in [6.45, 7) is 1.06. The minimum Gasteiger partial charge on any atom is -0.388 e. The van der Waals surface area contributed by atoms with E-state index in [1.165, 1.54) is 0 Å². The van der Waals surface area contributed by atoms with E-state index in [0.717, 1.165) is 18.4 Å². The van der Waals surface area contributed by atoms with E-state index in [4.69, 9.17) is 11.1 Å². The number of nitrogens with two attached hydrogens (primary N) is 1. The Morgan fingerprint density at radius 2 is 2.05 bits per heavy atom. The number of benzene rings is 1. The lowest BCUT2D eigenvalue weighted by molar-refractivity contribution is 0.196.